The fraction of sp³-hybridized carbons (Fsp3) is 0.500. The maximum Gasteiger partial charge on any atom is 0.319 e. The Kier molecular flexibility index (Phi) is 3.26. The second kappa shape index (κ2) is 5.28. The predicted octanol–water partition coefficient (Wildman–Crippen LogP) is 2.79. The van der Waals surface area contributed by atoms with Crippen LogP contribution in [0.2, 0.25) is 0 Å². The number of urea groups is 1. The first-order valence-electron chi connectivity index (χ1n) is 7.88. The standard InChI is InChI=1S/C16H20N4O2/c21-15(18-12-8-16(22-10-12)6-1-2-7-16)19-13-5-3-4-11-9-17-20-14(11)13/h3-5,9,12H,1-2,6-8,10H2,(H,17,20)(H2,18,19,21)/t12-/m1/s1. The third-order valence-corrected chi connectivity index (χ3v) is 4.78. The minimum atomic E-state index is -0.189. The highest BCUT2D eigenvalue weighted by molar-refractivity contribution is 5.99. The average molecular weight is 300 g/mol. The predicted molar refractivity (Wildman–Crippen MR) is 83.8 cm³/mol. The number of hydrogen-bond acceptors (Lipinski definition) is 3. The molecule has 1 saturated heterocycles. The van der Waals surface area contributed by atoms with Crippen LogP contribution in [0, 0.1) is 0 Å². The molecule has 116 valence electrons. The zero-order chi connectivity index (χ0) is 15.0. The van der Waals surface area contributed by atoms with Crippen molar-refractivity contribution >= 4 is 22.6 Å². The molecule has 4 rings (SSSR count). The summed E-state index contributed by atoms with van der Waals surface area (Å²) in [6.45, 7) is 0.613. The smallest absolute Gasteiger partial charge is 0.319 e. The Hall–Kier alpha value is -2.08. The van der Waals surface area contributed by atoms with Gasteiger partial charge in [0.1, 0.15) is 0 Å². The molecule has 2 fully saturated rings. The van der Waals surface area contributed by atoms with Crippen molar-refractivity contribution in [2.75, 3.05) is 11.9 Å². The summed E-state index contributed by atoms with van der Waals surface area (Å²) in [5.41, 5.74) is 1.61. The highest BCUT2D eigenvalue weighted by Crippen LogP contribution is 2.40. The molecular formula is C16H20N4O2. The summed E-state index contributed by atoms with van der Waals surface area (Å²) in [7, 11) is 0. The summed E-state index contributed by atoms with van der Waals surface area (Å²) in [6.07, 6.45) is 7.39. The number of aromatic amines is 1. The van der Waals surface area contributed by atoms with Crippen LogP contribution in [0.4, 0.5) is 10.5 Å². The average Bonchev–Trinajstić information content (AvgIpc) is 3.22. The number of para-hydroxylation sites is 1. The number of aromatic nitrogens is 2. The van der Waals surface area contributed by atoms with E-state index >= 15 is 0 Å². The highest BCUT2D eigenvalue weighted by Gasteiger charge is 2.42. The van der Waals surface area contributed by atoms with Crippen LogP contribution in [0.15, 0.2) is 24.4 Å². The summed E-state index contributed by atoms with van der Waals surface area (Å²) >= 11 is 0. The zero-order valence-corrected chi connectivity index (χ0v) is 12.4. The maximum atomic E-state index is 12.2. The summed E-state index contributed by atoms with van der Waals surface area (Å²) in [4.78, 5) is 12.2. The Morgan fingerprint density at radius 2 is 2.23 bits per heavy atom. The molecule has 6 nitrogen and oxygen atoms in total. The van der Waals surface area contributed by atoms with Gasteiger partial charge in [-0.1, -0.05) is 25.0 Å². The van der Waals surface area contributed by atoms with E-state index in [1.165, 1.54) is 12.8 Å². The van der Waals surface area contributed by atoms with Crippen molar-refractivity contribution in [2.45, 2.75) is 43.7 Å². The number of nitrogens with one attached hydrogen (secondary N) is 3. The number of H-pyrrole nitrogens is 1. The molecule has 2 aromatic rings. The molecule has 22 heavy (non-hydrogen) atoms. The minimum absolute atomic E-state index is 0.0291. The van der Waals surface area contributed by atoms with Crippen LogP contribution in [0.1, 0.15) is 32.1 Å². The highest BCUT2D eigenvalue weighted by atomic mass is 16.5. The molecule has 1 aromatic heterocycles. The first kappa shape index (κ1) is 13.6. The van der Waals surface area contributed by atoms with E-state index in [0.29, 0.717) is 6.61 Å². The molecule has 0 radical (unpaired) electrons. The molecule has 1 aromatic carbocycles. The molecule has 0 unspecified atom stereocenters. The molecule has 1 saturated carbocycles. The van der Waals surface area contributed by atoms with E-state index in [4.69, 9.17) is 4.74 Å². The maximum absolute atomic E-state index is 12.2. The van der Waals surface area contributed by atoms with Crippen molar-refractivity contribution in [1.29, 1.82) is 0 Å². The monoisotopic (exact) mass is 300 g/mol. The molecular weight excluding hydrogens is 280 g/mol. The van der Waals surface area contributed by atoms with E-state index in [2.05, 4.69) is 20.8 Å². The molecule has 3 N–H and O–H groups in total. The van der Waals surface area contributed by atoms with Gasteiger partial charge in [0.2, 0.25) is 0 Å². The van der Waals surface area contributed by atoms with E-state index < -0.39 is 0 Å². The number of ether oxygens (including phenoxy) is 1. The van der Waals surface area contributed by atoms with Crippen LogP contribution in [0.25, 0.3) is 10.9 Å². The molecule has 2 heterocycles. The molecule has 2 amide bonds. The van der Waals surface area contributed by atoms with Gasteiger partial charge in [-0.15, -0.1) is 0 Å². The normalized spacial score (nSPS) is 23.2. The van der Waals surface area contributed by atoms with Crippen molar-refractivity contribution in [2.24, 2.45) is 0 Å². The van der Waals surface area contributed by atoms with Crippen LogP contribution in [-0.2, 0) is 4.74 Å². The third kappa shape index (κ3) is 2.43. The molecule has 1 atom stereocenters. The number of carbonyl (C=O) groups is 1. The Balaban J connectivity index is 1.40. The van der Waals surface area contributed by atoms with Crippen LogP contribution >= 0.6 is 0 Å². The van der Waals surface area contributed by atoms with E-state index in [0.717, 1.165) is 35.9 Å². The van der Waals surface area contributed by atoms with Gasteiger partial charge < -0.3 is 15.4 Å². The fourth-order valence-corrected chi connectivity index (χ4v) is 3.72. The largest absolute Gasteiger partial charge is 0.373 e. The van der Waals surface area contributed by atoms with Gasteiger partial charge in [0.25, 0.3) is 0 Å². The SMILES string of the molecule is O=C(Nc1cccc2cn[nH]c12)N[C@H]1COC2(CCCC2)C1. The quantitative estimate of drug-likeness (QED) is 0.798. The van der Waals surface area contributed by atoms with Crippen LogP contribution < -0.4 is 10.6 Å². The Labute approximate surface area is 128 Å². The number of carbonyl (C=O) groups excluding carboxylic acids is 1. The van der Waals surface area contributed by atoms with Gasteiger partial charge in [-0.05, 0) is 25.3 Å². The van der Waals surface area contributed by atoms with Crippen molar-refractivity contribution < 1.29 is 9.53 Å². The molecule has 6 heteroatoms. The van der Waals surface area contributed by atoms with E-state index in [1.54, 1.807) is 6.20 Å². The van der Waals surface area contributed by atoms with E-state index in [-0.39, 0.29) is 17.7 Å². The Morgan fingerprint density at radius 3 is 3.09 bits per heavy atom. The second-order valence-electron chi connectivity index (χ2n) is 6.34. The number of rotatable bonds is 2. The Morgan fingerprint density at radius 1 is 1.36 bits per heavy atom. The number of fused-ring (bicyclic) bond motifs is 1. The number of benzene rings is 1. The third-order valence-electron chi connectivity index (χ3n) is 4.78. The summed E-state index contributed by atoms with van der Waals surface area (Å²) < 4.78 is 5.96. The Bertz CT molecular complexity index is 690. The topological polar surface area (TPSA) is 79.0 Å². The second-order valence-corrected chi connectivity index (χ2v) is 6.34. The first-order valence-corrected chi connectivity index (χ1v) is 7.88. The van der Waals surface area contributed by atoms with Gasteiger partial charge in [0.05, 0.1) is 35.7 Å². The lowest BCUT2D eigenvalue weighted by Gasteiger charge is -2.21. The fourth-order valence-electron chi connectivity index (χ4n) is 3.72. The molecule has 1 aliphatic carbocycles. The molecule has 0 bridgehead atoms. The van der Waals surface area contributed by atoms with Gasteiger partial charge in [-0.2, -0.15) is 5.10 Å². The number of anilines is 1. The summed E-state index contributed by atoms with van der Waals surface area (Å²) in [6, 6.07) is 5.63. The number of nitrogens with zero attached hydrogens (tertiary/aromatic N) is 1. The minimum Gasteiger partial charge on any atom is -0.373 e. The molecule has 2 aliphatic rings. The van der Waals surface area contributed by atoms with Crippen molar-refractivity contribution in [3.8, 4) is 0 Å². The van der Waals surface area contributed by atoms with Gasteiger partial charge in [0, 0.05) is 5.39 Å². The molecule has 1 aliphatic heterocycles. The summed E-state index contributed by atoms with van der Waals surface area (Å²) in [5, 5.41) is 13.8. The van der Waals surface area contributed by atoms with Crippen molar-refractivity contribution in [3.63, 3.8) is 0 Å². The van der Waals surface area contributed by atoms with Crippen LogP contribution in [-0.4, -0.2) is 34.5 Å². The number of amides is 2. The first-order chi connectivity index (χ1) is 10.7. The van der Waals surface area contributed by atoms with E-state index in [9.17, 15) is 4.79 Å². The summed E-state index contributed by atoms with van der Waals surface area (Å²) in [5.74, 6) is 0. The lowest BCUT2D eigenvalue weighted by molar-refractivity contribution is 0.00998. The van der Waals surface area contributed by atoms with Gasteiger partial charge in [0.15, 0.2) is 0 Å². The van der Waals surface area contributed by atoms with Crippen molar-refractivity contribution in [1.82, 2.24) is 15.5 Å². The van der Waals surface area contributed by atoms with Gasteiger partial charge >= 0.3 is 6.03 Å². The van der Waals surface area contributed by atoms with Crippen LogP contribution in [0.5, 0.6) is 0 Å². The van der Waals surface area contributed by atoms with Crippen molar-refractivity contribution in [3.05, 3.63) is 24.4 Å². The zero-order valence-electron chi connectivity index (χ0n) is 12.4. The van der Waals surface area contributed by atoms with Crippen LogP contribution in [0.3, 0.4) is 0 Å². The van der Waals surface area contributed by atoms with Gasteiger partial charge in [-0.25, -0.2) is 4.79 Å². The lowest BCUT2D eigenvalue weighted by atomic mass is 9.96. The lowest BCUT2D eigenvalue weighted by Crippen LogP contribution is -2.39. The molecule has 1 spiro atoms. The van der Waals surface area contributed by atoms with Gasteiger partial charge in [-0.3, -0.25) is 5.10 Å². The van der Waals surface area contributed by atoms with E-state index in [1.807, 2.05) is 18.2 Å². The number of hydrogen-bond donors (Lipinski definition) is 3.